The zero-order chi connectivity index (χ0) is 15.7. The van der Waals surface area contributed by atoms with Crippen LogP contribution in [-0.2, 0) is 6.54 Å². The third-order valence-corrected chi connectivity index (χ3v) is 3.03. The molecule has 0 spiro atoms. The standard InChI is InChI=1S/C17H29N3O.HI/c1-6-9-21-16-10-14(4)7-8-15(16)12-20-17(18-5)19-11-13(2)3;/h7-8,10,13H,6,9,11-12H2,1-5H3,(H2,18,19,20);1H. The second-order valence-electron chi connectivity index (χ2n) is 5.66. The van der Waals surface area contributed by atoms with Crippen LogP contribution in [0.4, 0.5) is 0 Å². The van der Waals surface area contributed by atoms with E-state index in [1.807, 2.05) is 0 Å². The molecule has 0 aromatic heterocycles. The van der Waals surface area contributed by atoms with Crippen molar-refractivity contribution in [3.63, 3.8) is 0 Å². The molecule has 1 aromatic rings. The van der Waals surface area contributed by atoms with Gasteiger partial charge in [-0.3, -0.25) is 4.99 Å². The molecule has 0 bridgehead atoms. The van der Waals surface area contributed by atoms with Crippen LogP contribution < -0.4 is 15.4 Å². The number of hydrogen-bond acceptors (Lipinski definition) is 2. The Morgan fingerprint density at radius 3 is 2.59 bits per heavy atom. The summed E-state index contributed by atoms with van der Waals surface area (Å²) in [7, 11) is 1.79. The number of aliphatic imine (C=N–C) groups is 1. The van der Waals surface area contributed by atoms with E-state index in [1.165, 1.54) is 5.56 Å². The van der Waals surface area contributed by atoms with Gasteiger partial charge in [-0.15, -0.1) is 24.0 Å². The van der Waals surface area contributed by atoms with Crippen LogP contribution in [0.1, 0.15) is 38.3 Å². The summed E-state index contributed by atoms with van der Waals surface area (Å²) in [4.78, 5) is 4.24. The minimum absolute atomic E-state index is 0. The number of benzene rings is 1. The second-order valence-corrected chi connectivity index (χ2v) is 5.66. The molecule has 126 valence electrons. The van der Waals surface area contributed by atoms with Gasteiger partial charge >= 0.3 is 0 Å². The highest BCUT2D eigenvalue weighted by atomic mass is 127. The van der Waals surface area contributed by atoms with Crippen molar-refractivity contribution < 1.29 is 4.74 Å². The van der Waals surface area contributed by atoms with E-state index in [0.717, 1.165) is 36.8 Å². The molecule has 22 heavy (non-hydrogen) atoms. The number of rotatable bonds is 7. The molecule has 0 saturated carbocycles. The molecule has 0 atom stereocenters. The van der Waals surface area contributed by atoms with Crippen molar-refractivity contribution in [2.45, 2.75) is 40.7 Å². The smallest absolute Gasteiger partial charge is 0.191 e. The number of hydrogen-bond donors (Lipinski definition) is 2. The normalized spacial score (nSPS) is 11.1. The van der Waals surface area contributed by atoms with Crippen molar-refractivity contribution in [1.82, 2.24) is 10.6 Å². The van der Waals surface area contributed by atoms with Crippen molar-refractivity contribution in [3.05, 3.63) is 29.3 Å². The molecular formula is C17H30IN3O. The lowest BCUT2D eigenvalue weighted by Gasteiger charge is -2.16. The second kappa shape index (κ2) is 11.6. The summed E-state index contributed by atoms with van der Waals surface area (Å²) in [6.07, 6.45) is 1.01. The van der Waals surface area contributed by atoms with Gasteiger partial charge in [0.25, 0.3) is 0 Å². The molecule has 0 fully saturated rings. The van der Waals surface area contributed by atoms with Crippen LogP contribution in [-0.4, -0.2) is 26.2 Å². The molecule has 0 unspecified atom stereocenters. The quantitative estimate of drug-likeness (QED) is 0.402. The fourth-order valence-corrected chi connectivity index (χ4v) is 1.85. The molecule has 1 aromatic carbocycles. The van der Waals surface area contributed by atoms with Gasteiger partial charge in [-0.2, -0.15) is 0 Å². The van der Waals surface area contributed by atoms with Gasteiger partial charge in [0.15, 0.2) is 5.96 Å². The van der Waals surface area contributed by atoms with E-state index in [4.69, 9.17) is 4.74 Å². The Labute approximate surface area is 152 Å². The highest BCUT2D eigenvalue weighted by Crippen LogP contribution is 2.20. The van der Waals surface area contributed by atoms with Crippen LogP contribution in [0.5, 0.6) is 5.75 Å². The summed E-state index contributed by atoms with van der Waals surface area (Å²) in [5.74, 6) is 2.38. The van der Waals surface area contributed by atoms with Crippen LogP contribution >= 0.6 is 24.0 Å². The molecule has 0 aliphatic heterocycles. The lowest BCUT2D eigenvalue weighted by molar-refractivity contribution is 0.313. The first kappa shape index (κ1) is 21.0. The fraction of sp³-hybridized carbons (Fsp3) is 0.588. The number of ether oxygens (including phenoxy) is 1. The molecule has 0 saturated heterocycles. The van der Waals surface area contributed by atoms with E-state index in [2.05, 4.69) is 61.5 Å². The van der Waals surface area contributed by atoms with Gasteiger partial charge in [0.2, 0.25) is 0 Å². The van der Waals surface area contributed by atoms with E-state index >= 15 is 0 Å². The largest absolute Gasteiger partial charge is 0.493 e. The Kier molecular flexibility index (Phi) is 11.1. The molecule has 0 radical (unpaired) electrons. The van der Waals surface area contributed by atoms with Gasteiger partial charge in [-0.05, 0) is 30.9 Å². The molecule has 0 amide bonds. The monoisotopic (exact) mass is 419 g/mol. The predicted octanol–water partition coefficient (Wildman–Crippen LogP) is 3.72. The molecule has 5 heteroatoms. The topological polar surface area (TPSA) is 45.6 Å². The predicted molar refractivity (Wildman–Crippen MR) is 105 cm³/mol. The molecule has 0 heterocycles. The van der Waals surface area contributed by atoms with Crippen LogP contribution in [0.2, 0.25) is 0 Å². The highest BCUT2D eigenvalue weighted by Gasteiger charge is 2.06. The van der Waals surface area contributed by atoms with Crippen LogP contribution in [0.15, 0.2) is 23.2 Å². The average Bonchev–Trinajstić information content (AvgIpc) is 2.46. The fourth-order valence-electron chi connectivity index (χ4n) is 1.85. The molecule has 0 aliphatic rings. The van der Waals surface area contributed by atoms with E-state index in [1.54, 1.807) is 7.05 Å². The van der Waals surface area contributed by atoms with Gasteiger partial charge in [0.05, 0.1) is 6.61 Å². The molecule has 4 nitrogen and oxygen atoms in total. The Morgan fingerprint density at radius 2 is 2.00 bits per heavy atom. The first-order chi connectivity index (χ1) is 10.1. The Balaban J connectivity index is 0.00000441. The first-order valence-corrected chi connectivity index (χ1v) is 7.73. The summed E-state index contributed by atoms with van der Waals surface area (Å²) in [6, 6.07) is 6.32. The third-order valence-electron chi connectivity index (χ3n) is 3.03. The summed E-state index contributed by atoms with van der Waals surface area (Å²) in [5.41, 5.74) is 2.37. The molecular weight excluding hydrogens is 389 g/mol. The Morgan fingerprint density at radius 1 is 1.27 bits per heavy atom. The zero-order valence-electron chi connectivity index (χ0n) is 14.4. The van der Waals surface area contributed by atoms with Gasteiger partial charge in [0, 0.05) is 25.7 Å². The van der Waals surface area contributed by atoms with Crippen LogP contribution in [0.25, 0.3) is 0 Å². The minimum atomic E-state index is 0. The first-order valence-electron chi connectivity index (χ1n) is 7.73. The van der Waals surface area contributed by atoms with Crippen LogP contribution in [0, 0.1) is 12.8 Å². The van der Waals surface area contributed by atoms with Crippen molar-refractivity contribution in [2.24, 2.45) is 10.9 Å². The number of nitrogens with one attached hydrogen (secondary N) is 2. The zero-order valence-corrected chi connectivity index (χ0v) is 16.7. The molecule has 2 N–H and O–H groups in total. The Hall–Kier alpha value is -0.980. The van der Waals surface area contributed by atoms with Gasteiger partial charge < -0.3 is 15.4 Å². The maximum Gasteiger partial charge on any atom is 0.191 e. The number of aryl methyl sites for hydroxylation is 1. The van der Waals surface area contributed by atoms with Crippen LogP contribution in [0.3, 0.4) is 0 Å². The van der Waals surface area contributed by atoms with E-state index < -0.39 is 0 Å². The lowest BCUT2D eigenvalue weighted by atomic mass is 10.1. The van der Waals surface area contributed by atoms with Crippen molar-refractivity contribution in [2.75, 3.05) is 20.2 Å². The number of halogens is 1. The lowest BCUT2D eigenvalue weighted by Crippen LogP contribution is -2.38. The van der Waals surface area contributed by atoms with E-state index in [-0.39, 0.29) is 24.0 Å². The van der Waals surface area contributed by atoms with Crippen molar-refractivity contribution >= 4 is 29.9 Å². The minimum Gasteiger partial charge on any atom is -0.493 e. The van der Waals surface area contributed by atoms with Gasteiger partial charge in [-0.1, -0.05) is 32.9 Å². The molecule has 1 rings (SSSR count). The number of nitrogens with zero attached hydrogens (tertiary/aromatic N) is 1. The van der Waals surface area contributed by atoms with Gasteiger partial charge in [-0.25, -0.2) is 0 Å². The SMILES string of the molecule is CCCOc1cc(C)ccc1CNC(=NC)NCC(C)C.I. The summed E-state index contributed by atoms with van der Waals surface area (Å²) < 4.78 is 5.83. The van der Waals surface area contributed by atoms with Crippen molar-refractivity contribution in [1.29, 1.82) is 0 Å². The van der Waals surface area contributed by atoms with Gasteiger partial charge in [0.1, 0.15) is 5.75 Å². The van der Waals surface area contributed by atoms with E-state index in [0.29, 0.717) is 12.5 Å². The highest BCUT2D eigenvalue weighted by molar-refractivity contribution is 14.0. The molecule has 0 aliphatic carbocycles. The summed E-state index contributed by atoms with van der Waals surface area (Å²) >= 11 is 0. The maximum atomic E-state index is 5.83. The maximum absolute atomic E-state index is 5.83. The summed E-state index contributed by atoms with van der Waals surface area (Å²) in [5, 5.41) is 6.65. The van der Waals surface area contributed by atoms with Crippen molar-refractivity contribution in [3.8, 4) is 5.75 Å². The number of guanidine groups is 1. The summed E-state index contributed by atoms with van der Waals surface area (Å²) in [6.45, 7) is 10.9. The van der Waals surface area contributed by atoms with E-state index in [9.17, 15) is 0 Å². The average molecular weight is 419 g/mol. The third kappa shape index (κ3) is 7.87. The Bertz CT molecular complexity index is 461.